The number of hydrogen-bond donors (Lipinski definition) is 3. The van der Waals surface area contributed by atoms with E-state index in [1.54, 1.807) is 4.31 Å². The fraction of sp³-hybridized carbons (Fsp3) is 0.800. The molecule has 5 rings (SSSR count). The van der Waals surface area contributed by atoms with Crippen LogP contribution in [0.2, 0.25) is 0 Å². The zero-order chi connectivity index (χ0) is 25.1. The molecule has 2 saturated carbocycles. The molecule has 10 nitrogen and oxygen atoms in total. The first-order valence-electron chi connectivity index (χ1n) is 13.9. The molecule has 0 aromatic carbocycles. The Morgan fingerprint density at radius 1 is 0.947 bits per heavy atom. The molecule has 3 fully saturated rings. The molecule has 0 unspecified atom stereocenters. The number of rotatable bonds is 9. The molecule has 2 aromatic rings. The minimum Gasteiger partial charge on any atom is -0.365 e. The number of aromatic nitrogens is 4. The lowest BCUT2D eigenvalue weighted by Crippen LogP contribution is -2.43. The number of hydrogen-bond acceptors (Lipinski definition) is 8. The Bertz CT molecular complexity index is 1130. The van der Waals surface area contributed by atoms with Crippen molar-refractivity contribution >= 4 is 57.8 Å². The highest BCUT2D eigenvalue weighted by Gasteiger charge is 2.29. The lowest BCUT2D eigenvalue weighted by molar-refractivity contribution is 0.329. The molecular formula is C25H44Cl2N8O2S. The molecular weight excluding hydrogens is 547 g/mol. The Hall–Kier alpha value is -1.40. The minimum atomic E-state index is -3.16. The molecule has 0 atom stereocenters. The number of nitrogens with zero attached hydrogens (tertiary/aromatic N) is 5. The van der Waals surface area contributed by atoms with Crippen molar-refractivity contribution in [1.29, 1.82) is 0 Å². The molecule has 0 amide bonds. The van der Waals surface area contributed by atoms with Crippen LogP contribution in [0.5, 0.6) is 0 Å². The molecule has 0 spiro atoms. The van der Waals surface area contributed by atoms with Gasteiger partial charge in [0.15, 0.2) is 17.0 Å². The molecule has 2 aromatic heterocycles. The van der Waals surface area contributed by atoms with Crippen molar-refractivity contribution in [3.63, 3.8) is 0 Å². The summed E-state index contributed by atoms with van der Waals surface area (Å²) in [6, 6.07) is 1.21. The highest BCUT2D eigenvalue weighted by Crippen LogP contribution is 2.34. The number of anilines is 2. The minimum absolute atomic E-state index is 0. The SMILES string of the molecule is CCCCS(=O)(=O)N1CCC(Nc2nc(NC3CCC(N)CC3)nc3c2ncn3C2CCCC2)CC1.Cl.Cl. The highest BCUT2D eigenvalue weighted by molar-refractivity contribution is 7.89. The Morgan fingerprint density at radius 2 is 1.61 bits per heavy atom. The van der Waals surface area contributed by atoms with Crippen LogP contribution in [0.25, 0.3) is 11.2 Å². The van der Waals surface area contributed by atoms with E-state index in [1.165, 1.54) is 12.8 Å². The topological polar surface area (TPSA) is 131 Å². The number of unbranched alkanes of at least 4 members (excludes halogenated alkanes) is 1. The molecule has 3 aliphatic rings. The van der Waals surface area contributed by atoms with Crippen LogP contribution in [0.3, 0.4) is 0 Å². The Balaban J connectivity index is 0.00000200. The predicted octanol–water partition coefficient (Wildman–Crippen LogP) is 4.47. The van der Waals surface area contributed by atoms with Crippen molar-refractivity contribution < 1.29 is 8.42 Å². The molecule has 0 radical (unpaired) electrons. The van der Waals surface area contributed by atoms with Crippen molar-refractivity contribution in [2.45, 2.75) is 108 Å². The number of nitrogens with one attached hydrogen (secondary N) is 2. The Labute approximate surface area is 239 Å². The van der Waals surface area contributed by atoms with Gasteiger partial charge < -0.3 is 20.9 Å². The molecule has 216 valence electrons. The summed E-state index contributed by atoms with van der Waals surface area (Å²) in [5, 5.41) is 7.20. The molecule has 4 N–H and O–H groups in total. The summed E-state index contributed by atoms with van der Waals surface area (Å²) in [5.41, 5.74) is 7.79. The fourth-order valence-corrected chi connectivity index (χ4v) is 7.58. The number of nitrogens with two attached hydrogens (primary N) is 1. The van der Waals surface area contributed by atoms with Crippen LogP contribution >= 0.6 is 24.8 Å². The third kappa shape index (κ3) is 7.21. The quantitative estimate of drug-likeness (QED) is 0.389. The summed E-state index contributed by atoms with van der Waals surface area (Å²) < 4.78 is 29.1. The molecule has 3 heterocycles. The van der Waals surface area contributed by atoms with Gasteiger partial charge in [0.25, 0.3) is 0 Å². The van der Waals surface area contributed by atoms with E-state index < -0.39 is 10.0 Å². The normalized spacial score (nSPS) is 23.6. The van der Waals surface area contributed by atoms with Gasteiger partial charge in [0.1, 0.15) is 0 Å². The van der Waals surface area contributed by atoms with Crippen molar-refractivity contribution in [1.82, 2.24) is 23.8 Å². The van der Waals surface area contributed by atoms with Crippen LogP contribution in [0.1, 0.15) is 90.0 Å². The molecule has 2 aliphatic carbocycles. The predicted molar refractivity (Wildman–Crippen MR) is 158 cm³/mol. The summed E-state index contributed by atoms with van der Waals surface area (Å²) in [7, 11) is -3.16. The van der Waals surface area contributed by atoms with Crippen LogP contribution in [-0.4, -0.2) is 69.2 Å². The van der Waals surface area contributed by atoms with Gasteiger partial charge in [-0.15, -0.1) is 24.8 Å². The van der Waals surface area contributed by atoms with Gasteiger partial charge in [0.05, 0.1) is 12.1 Å². The zero-order valence-electron chi connectivity index (χ0n) is 22.3. The van der Waals surface area contributed by atoms with Crippen molar-refractivity contribution in [3.05, 3.63) is 6.33 Å². The lowest BCUT2D eigenvalue weighted by Gasteiger charge is -2.32. The largest absolute Gasteiger partial charge is 0.365 e. The molecule has 1 aliphatic heterocycles. The average Bonchev–Trinajstić information content (AvgIpc) is 3.55. The van der Waals surface area contributed by atoms with Gasteiger partial charge in [-0.05, 0) is 57.8 Å². The van der Waals surface area contributed by atoms with E-state index in [4.69, 9.17) is 20.7 Å². The molecule has 38 heavy (non-hydrogen) atoms. The molecule has 0 bridgehead atoms. The zero-order valence-corrected chi connectivity index (χ0v) is 24.8. The number of fused-ring (bicyclic) bond motifs is 1. The summed E-state index contributed by atoms with van der Waals surface area (Å²) in [6.45, 7) is 3.11. The van der Waals surface area contributed by atoms with Gasteiger partial charge in [-0.25, -0.2) is 17.7 Å². The number of halogens is 2. The first-order chi connectivity index (χ1) is 17.4. The Morgan fingerprint density at radius 3 is 2.26 bits per heavy atom. The van der Waals surface area contributed by atoms with Gasteiger partial charge in [0.2, 0.25) is 16.0 Å². The van der Waals surface area contributed by atoms with Crippen LogP contribution in [0.4, 0.5) is 11.8 Å². The van der Waals surface area contributed by atoms with Crippen LogP contribution < -0.4 is 16.4 Å². The molecule has 13 heteroatoms. The van der Waals surface area contributed by atoms with E-state index in [1.807, 2.05) is 13.3 Å². The smallest absolute Gasteiger partial charge is 0.227 e. The summed E-state index contributed by atoms with van der Waals surface area (Å²) >= 11 is 0. The van der Waals surface area contributed by atoms with Gasteiger partial charge in [0, 0.05) is 37.3 Å². The summed E-state index contributed by atoms with van der Waals surface area (Å²) in [4.78, 5) is 14.6. The maximum atomic E-state index is 12.6. The maximum Gasteiger partial charge on any atom is 0.227 e. The van der Waals surface area contributed by atoms with Gasteiger partial charge in [-0.3, -0.25) is 0 Å². The summed E-state index contributed by atoms with van der Waals surface area (Å²) in [5.74, 6) is 1.64. The second kappa shape index (κ2) is 13.8. The lowest BCUT2D eigenvalue weighted by atomic mass is 9.92. The fourth-order valence-electron chi connectivity index (χ4n) is 5.90. The standard InChI is InChI=1S/C25H42N8O2S.2ClH/c1-2-3-16-36(34,35)32-14-12-20(13-15-32)28-23-22-24(33(17-27-22)21-6-4-5-7-21)31-25(30-23)29-19-10-8-18(26)9-11-19;;/h17-21H,2-16,26H2,1H3,(H2,28,29,30,31);2*1H. The maximum absolute atomic E-state index is 12.6. The van der Waals surface area contributed by atoms with E-state index in [-0.39, 0.29) is 36.6 Å². The highest BCUT2D eigenvalue weighted by atomic mass is 35.5. The van der Waals surface area contributed by atoms with Gasteiger partial charge >= 0.3 is 0 Å². The van der Waals surface area contributed by atoms with Crippen LogP contribution in [-0.2, 0) is 10.0 Å². The van der Waals surface area contributed by atoms with E-state index in [2.05, 4.69) is 15.2 Å². The van der Waals surface area contributed by atoms with Gasteiger partial charge in [-0.1, -0.05) is 26.2 Å². The first kappa shape index (κ1) is 31.1. The van der Waals surface area contributed by atoms with Crippen molar-refractivity contribution in [2.75, 3.05) is 29.5 Å². The number of piperidine rings is 1. The van der Waals surface area contributed by atoms with Gasteiger partial charge in [-0.2, -0.15) is 9.97 Å². The third-order valence-electron chi connectivity index (χ3n) is 8.19. The molecule has 1 saturated heterocycles. The number of sulfonamides is 1. The van der Waals surface area contributed by atoms with E-state index in [0.29, 0.717) is 43.6 Å². The van der Waals surface area contributed by atoms with E-state index in [0.717, 1.165) is 74.8 Å². The third-order valence-corrected chi connectivity index (χ3v) is 10.1. The number of imidazole rings is 1. The van der Waals surface area contributed by atoms with Crippen molar-refractivity contribution in [2.24, 2.45) is 5.73 Å². The van der Waals surface area contributed by atoms with Crippen molar-refractivity contribution in [3.8, 4) is 0 Å². The van der Waals surface area contributed by atoms with E-state index in [9.17, 15) is 8.42 Å². The van der Waals surface area contributed by atoms with E-state index >= 15 is 0 Å². The summed E-state index contributed by atoms with van der Waals surface area (Å²) in [6.07, 6.45) is 13.9. The second-order valence-corrected chi connectivity index (χ2v) is 13.0. The first-order valence-corrected chi connectivity index (χ1v) is 15.5. The van der Waals surface area contributed by atoms with Crippen LogP contribution in [0.15, 0.2) is 6.33 Å². The monoisotopic (exact) mass is 590 g/mol. The second-order valence-electron chi connectivity index (χ2n) is 10.9. The average molecular weight is 592 g/mol. The van der Waals surface area contributed by atoms with Crippen LogP contribution in [0, 0.1) is 0 Å². The Kier molecular flexibility index (Phi) is 11.3.